The van der Waals surface area contributed by atoms with Crippen molar-refractivity contribution in [3.8, 4) is 0 Å². The van der Waals surface area contributed by atoms with Crippen LogP contribution in [0.5, 0.6) is 0 Å². The first-order valence-corrected chi connectivity index (χ1v) is 10.4. The lowest BCUT2D eigenvalue weighted by atomic mass is 10.1. The molecule has 2 heterocycles. The number of aryl methyl sites for hydroxylation is 1. The third kappa shape index (κ3) is 5.28. The zero-order valence-corrected chi connectivity index (χ0v) is 17.4. The van der Waals surface area contributed by atoms with Gasteiger partial charge in [0.2, 0.25) is 5.91 Å². The van der Waals surface area contributed by atoms with Crippen molar-refractivity contribution in [3.63, 3.8) is 0 Å². The van der Waals surface area contributed by atoms with Crippen LogP contribution in [0.25, 0.3) is 10.9 Å². The summed E-state index contributed by atoms with van der Waals surface area (Å²) in [5, 5.41) is 9.51. The van der Waals surface area contributed by atoms with Gasteiger partial charge in [-0.15, -0.1) is 0 Å². The van der Waals surface area contributed by atoms with Crippen molar-refractivity contribution in [2.75, 3.05) is 36.9 Å². The van der Waals surface area contributed by atoms with Gasteiger partial charge in [-0.2, -0.15) is 4.98 Å². The monoisotopic (exact) mass is 422 g/mol. The molecule has 162 valence electrons. The van der Waals surface area contributed by atoms with E-state index in [1.807, 2.05) is 30.3 Å². The van der Waals surface area contributed by atoms with Crippen molar-refractivity contribution in [1.82, 2.24) is 10.3 Å². The Bertz CT molecular complexity index is 1110. The number of aromatic nitrogens is 1. The predicted molar refractivity (Wildman–Crippen MR) is 120 cm³/mol. The summed E-state index contributed by atoms with van der Waals surface area (Å²) in [4.78, 5) is 29.4. The fourth-order valence-electron chi connectivity index (χ4n) is 3.65. The lowest BCUT2D eigenvalue weighted by molar-refractivity contribution is -0.119. The van der Waals surface area contributed by atoms with Gasteiger partial charge in [0.25, 0.3) is 6.01 Å². The summed E-state index contributed by atoms with van der Waals surface area (Å²) in [5.41, 5.74) is 2.42. The number of hydrogen-bond acceptors (Lipinski definition) is 7. The van der Waals surface area contributed by atoms with Crippen molar-refractivity contribution < 1.29 is 13.9 Å². The van der Waals surface area contributed by atoms with Crippen LogP contribution in [-0.4, -0.2) is 43.2 Å². The molecule has 3 aromatic rings. The molecule has 0 radical (unpaired) electrons. The van der Waals surface area contributed by atoms with E-state index in [-0.39, 0.29) is 24.4 Å². The van der Waals surface area contributed by atoms with E-state index in [4.69, 9.17) is 9.15 Å². The number of nitrogens with one attached hydrogen (secondary N) is 3. The first kappa shape index (κ1) is 21.0. The number of carbonyl (C=O) groups is 1. The number of rotatable bonds is 7. The molecule has 1 aliphatic heterocycles. The predicted octanol–water partition coefficient (Wildman–Crippen LogP) is 2.47. The van der Waals surface area contributed by atoms with Crippen LogP contribution in [0.15, 0.2) is 51.7 Å². The first-order valence-electron chi connectivity index (χ1n) is 10.4. The van der Waals surface area contributed by atoms with Gasteiger partial charge < -0.3 is 25.1 Å². The molecule has 0 saturated carbocycles. The molecule has 1 saturated heterocycles. The third-order valence-electron chi connectivity index (χ3n) is 5.28. The molecule has 8 heteroatoms. The van der Waals surface area contributed by atoms with Crippen LogP contribution in [0.2, 0.25) is 0 Å². The van der Waals surface area contributed by atoms with Crippen LogP contribution in [0.1, 0.15) is 17.5 Å². The highest BCUT2D eigenvalue weighted by molar-refractivity contribution is 5.96. The topological polar surface area (TPSA) is 105 Å². The number of ether oxygens (including phenoxy) is 1. The molecule has 3 N–H and O–H groups in total. The van der Waals surface area contributed by atoms with Crippen molar-refractivity contribution in [2.45, 2.75) is 25.9 Å². The van der Waals surface area contributed by atoms with E-state index in [1.165, 1.54) is 5.56 Å². The van der Waals surface area contributed by atoms with Gasteiger partial charge >= 0.3 is 5.63 Å². The van der Waals surface area contributed by atoms with Crippen LogP contribution in [-0.2, 0) is 16.0 Å². The minimum atomic E-state index is -0.486. The molecular formula is C23H26N4O4. The third-order valence-corrected chi connectivity index (χ3v) is 5.28. The summed E-state index contributed by atoms with van der Waals surface area (Å²) in [6.07, 6.45) is 0.890. The van der Waals surface area contributed by atoms with Gasteiger partial charge in [-0.05, 0) is 36.6 Å². The van der Waals surface area contributed by atoms with Gasteiger partial charge in [-0.3, -0.25) is 4.79 Å². The zero-order valence-electron chi connectivity index (χ0n) is 17.4. The van der Waals surface area contributed by atoms with E-state index in [2.05, 4.69) is 20.9 Å². The second kappa shape index (κ2) is 9.72. The van der Waals surface area contributed by atoms with E-state index >= 15 is 0 Å². The molecule has 31 heavy (non-hydrogen) atoms. The average Bonchev–Trinajstić information content (AvgIpc) is 2.77. The van der Waals surface area contributed by atoms with Gasteiger partial charge in [0, 0.05) is 25.3 Å². The van der Waals surface area contributed by atoms with E-state index in [9.17, 15) is 9.59 Å². The van der Waals surface area contributed by atoms with Crippen molar-refractivity contribution in [2.24, 2.45) is 0 Å². The summed E-state index contributed by atoms with van der Waals surface area (Å²) >= 11 is 0. The van der Waals surface area contributed by atoms with Gasteiger partial charge in [0.15, 0.2) is 0 Å². The Morgan fingerprint density at radius 2 is 2.06 bits per heavy atom. The lowest BCUT2D eigenvalue weighted by Gasteiger charge is -2.23. The molecule has 1 atom stereocenters. The van der Waals surface area contributed by atoms with E-state index in [1.54, 1.807) is 19.1 Å². The Labute approximate surface area is 180 Å². The maximum absolute atomic E-state index is 12.6. The number of carbonyl (C=O) groups excluding carboxylic acids is 1. The second-order valence-electron chi connectivity index (χ2n) is 7.55. The molecule has 2 aromatic carbocycles. The molecule has 0 bridgehead atoms. The molecule has 1 aromatic heterocycles. The second-order valence-corrected chi connectivity index (χ2v) is 7.55. The number of benzene rings is 2. The minimum Gasteiger partial charge on any atom is -0.389 e. The molecule has 0 spiro atoms. The Kier molecular flexibility index (Phi) is 6.59. The number of anilines is 2. The normalized spacial score (nSPS) is 16.2. The molecular weight excluding hydrogens is 396 g/mol. The summed E-state index contributed by atoms with van der Waals surface area (Å²) in [6, 6.07) is 13.7. The van der Waals surface area contributed by atoms with Crippen molar-refractivity contribution in [1.29, 1.82) is 0 Å². The number of morpholine rings is 1. The summed E-state index contributed by atoms with van der Waals surface area (Å²) in [5.74, 6) is -0.160. The Morgan fingerprint density at radius 3 is 2.84 bits per heavy atom. The molecule has 1 aliphatic rings. The van der Waals surface area contributed by atoms with E-state index in [0.29, 0.717) is 41.9 Å². The minimum absolute atomic E-state index is 0.147. The average molecular weight is 422 g/mol. The molecule has 1 amide bonds. The maximum atomic E-state index is 12.6. The largest absolute Gasteiger partial charge is 0.389 e. The van der Waals surface area contributed by atoms with Gasteiger partial charge in [0.05, 0.1) is 30.0 Å². The summed E-state index contributed by atoms with van der Waals surface area (Å²) in [6.45, 7) is 4.42. The number of nitrogens with zero attached hydrogens (tertiary/aromatic N) is 1. The molecule has 4 rings (SSSR count). The molecule has 1 fully saturated rings. The fraction of sp³-hybridized carbons (Fsp3) is 0.348. The highest BCUT2D eigenvalue weighted by Crippen LogP contribution is 2.23. The highest BCUT2D eigenvalue weighted by atomic mass is 16.5. The molecule has 1 unspecified atom stereocenters. The summed E-state index contributed by atoms with van der Waals surface area (Å²) < 4.78 is 10.9. The number of amides is 1. The quantitative estimate of drug-likeness (QED) is 0.537. The zero-order chi connectivity index (χ0) is 21.6. The van der Waals surface area contributed by atoms with Crippen LogP contribution in [0.3, 0.4) is 0 Å². The Morgan fingerprint density at radius 1 is 1.23 bits per heavy atom. The molecule has 0 aliphatic carbocycles. The van der Waals surface area contributed by atoms with Crippen molar-refractivity contribution in [3.05, 3.63) is 64.0 Å². The van der Waals surface area contributed by atoms with Crippen LogP contribution in [0, 0.1) is 6.92 Å². The number of fused-ring (bicyclic) bond motifs is 1. The standard InChI is InChI=1S/C23H26N4O4/c1-15-18(26-20(28)13-17-14-24-11-12-30-17)7-8-19-21(15)22(29)31-23(27-19)25-10-9-16-5-3-2-4-6-16/h2-8,17,24H,9-14H2,1H3,(H,25,27)(H,26,28). The van der Waals surface area contributed by atoms with Crippen LogP contribution in [0.4, 0.5) is 11.7 Å². The fourth-order valence-corrected chi connectivity index (χ4v) is 3.65. The van der Waals surface area contributed by atoms with Crippen LogP contribution >= 0.6 is 0 Å². The van der Waals surface area contributed by atoms with Gasteiger partial charge in [-0.1, -0.05) is 30.3 Å². The number of hydrogen-bond donors (Lipinski definition) is 3. The Balaban J connectivity index is 1.44. The summed E-state index contributed by atoms with van der Waals surface area (Å²) in [7, 11) is 0. The first-order chi connectivity index (χ1) is 15.1. The SMILES string of the molecule is Cc1c(NC(=O)CC2CNCCO2)ccc2nc(NCCc3ccccc3)oc(=O)c12. The Hall–Kier alpha value is -3.23. The smallest absolute Gasteiger partial charge is 0.348 e. The lowest BCUT2D eigenvalue weighted by Crippen LogP contribution is -2.40. The molecule has 8 nitrogen and oxygen atoms in total. The maximum Gasteiger partial charge on any atom is 0.348 e. The van der Waals surface area contributed by atoms with E-state index < -0.39 is 5.63 Å². The highest BCUT2D eigenvalue weighted by Gasteiger charge is 2.19. The van der Waals surface area contributed by atoms with Gasteiger partial charge in [-0.25, -0.2) is 4.79 Å². The van der Waals surface area contributed by atoms with Crippen LogP contribution < -0.4 is 21.6 Å². The van der Waals surface area contributed by atoms with E-state index in [0.717, 1.165) is 13.0 Å². The van der Waals surface area contributed by atoms with Gasteiger partial charge in [0.1, 0.15) is 0 Å². The van der Waals surface area contributed by atoms with Crippen molar-refractivity contribution >= 4 is 28.5 Å².